The number of rotatable bonds is 3. The number of allylic oxidation sites excluding steroid dienone is 4. The van der Waals surface area contributed by atoms with Crippen LogP contribution in [0.15, 0.2) is 46.4 Å². The molecule has 0 aromatic heterocycles. The number of alkyl halides is 2. The Labute approximate surface area is 168 Å². The summed E-state index contributed by atoms with van der Waals surface area (Å²) >= 11 is 0. The molecule has 1 aliphatic carbocycles. The van der Waals surface area contributed by atoms with Crippen LogP contribution in [0, 0.1) is 24.6 Å². The SMILES string of the molecule is Cc1cc(C(F)(F)C2=CCC(C3CCCN4CCS(=O)(=O)N=C34)C=C2)ccc1F. The Kier molecular flexibility index (Phi) is 5.09. The van der Waals surface area contributed by atoms with E-state index in [1.165, 1.54) is 25.1 Å². The second-order valence-corrected chi connectivity index (χ2v) is 9.68. The molecule has 156 valence electrons. The molecule has 3 aliphatic rings. The third-order valence-electron chi connectivity index (χ3n) is 5.98. The van der Waals surface area contributed by atoms with Crippen LogP contribution in [0.1, 0.15) is 30.4 Å². The van der Waals surface area contributed by atoms with Crippen LogP contribution in [0.25, 0.3) is 0 Å². The Morgan fingerprint density at radius 3 is 2.72 bits per heavy atom. The number of hydrogen-bond acceptors (Lipinski definition) is 3. The predicted molar refractivity (Wildman–Crippen MR) is 106 cm³/mol. The standard InChI is InChI=1S/C21H23F3N2O2S/c1-14-13-17(8-9-19(14)22)21(23,24)16-6-4-15(5-7-16)18-3-2-10-26-11-12-29(27,28)25-20(18)26/h4,6-9,13,15,18H,2-3,5,10-12H2,1H3. The molecule has 2 unspecified atom stereocenters. The van der Waals surface area contributed by atoms with E-state index < -0.39 is 21.8 Å². The molecule has 0 amide bonds. The summed E-state index contributed by atoms with van der Waals surface area (Å²) in [6, 6.07) is 3.35. The van der Waals surface area contributed by atoms with E-state index in [1.54, 1.807) is 6.08 Å². The number of amidine groups is 1. The minimum absolute atomic E-state index is 0.0249. The molecule has 0 radical (unpaired) electrons. The highest BCUT2D eigenvalue weighted by atomic mass is 32.2. The van der Waals surface area contributed by atoms with Crippen molar-refractivity contribution in [2.45, 2.75) is 32.1 Å². The molecule has 1 aromatic carbocycles. The number of fused-ring (bicyclic) bond motifs is 1. The number of hydrogen-bond donors (Lipinski definition) is 0. The van der Waals surface area contributed by atoms with E-state index >= 15 is 0 Å². The second-order valence-electron chi connectivity index (χ2n) is 7.93. The second kappa shape index (κ2) is 7.31. The largest absolute Gasteiger partial charge is 0.358 e. The van der Waals surface area contributed by atoms with Gasteiger partial charge >= 0.3 is 0 Å². The van der Waals surface area contributed by atoms with Gasteiger partial charge in [-0.3, -0.25) is 0 Å². The van der Waals surface area contributed by atoms with Crippen molar-refractivity contribution in [2.75, 3.05) is 18.8 Å². The molecule has 2 heterocycles. The Morgan fingerprint density at radius 1 is 1.24 bits per heavy atom. The molecule has 4 nitrogen and oxygen atoms in total. The van der Waals surface area contributed by atoms with Crippen molar-refractivity contribution in [2.24, 2.45) is 16.2 Å². The summed E-state index contributed by atoms with van der Waals surface area (Å²) < 4.78 is 71.2. The van der Waals surface area contributed by atoms with E-state index in [1.807, 2.05) is 4.90 Å². The van der Waals surface area contributed by atoms with Crippen LogP contribution in [0.3, 0.4) is 0 Å². The van der Waals surface area contributed by atoms with Crippen LogP contribution in [0.5, 0.6) is 0 Å². The van der Waals surface area contributed by atoms with Gasteiger partial charge in [0.25, 0.3) is 15.9 Å². The highest BCUT2D eigenvalue weighted by Crippen LogP contribution is 2.41. The number of benzene rings is 1. The van der Waals surface area contributed by atoms with Crippen molar-refractivity contribution in [3.8, 4) is 0 Å². The van der Waals surface area contributed by atoms with Crippen molar-refractivity contribution < 1.29 is 21.6 Å². The minimum atomic E-state index is -3.45. The minimum Gasteiger partial charge on any atom is -0.358 e. The first kappa shape index (κ1) is 20.2. The van der Waals surface area contributed by atoms with Gasteiger partial charge in [-0.1, -0.05) is 18.2 Å². The molecule has 2 atom stereocenters. The first-order chi connectivity index (χ1) is 13.7. The Morgan fingerprint density at radius 2 is 2.03 bits per heavy atom. The topological polar surface area (TPSA) is 49.7 Å². The molecule has 8 heteroatoms. The van der Waals surface area contributed by atoms with Gasteiger partial charge in [0.05, 0.1) is 5.75 Å². The van der Waals surface area contributed by atoms with Crippen molar-refractivity contribution in [1.82, 2.24) is 4.90 Å². The van der Waals surface area contributed by atoms with E-state index in [4.69, 9.17) is 0 Å². The molecule has 1 fully saturated rings. The third-order valence-corrected chi connectivity index (χ3v) is 7.15. The number of sulfonamides is 1. The number of nitrogens with zero attached hydrogens (tertiary/aromatic N) is 2. The molecule has 0 N–H and O–H groups in total. The number of piperidine rings is 1. The van der Waals surface area contributed by atoms with Gasteiger partial charge in [0.15, 0.2) is 0 Å². The first-order valence-electron chi connectivity index (χ1n) is 9.78. The molecule has 29 heavy (non-hydrogen) atoms. The maximum absolute atomic E-state index is 14.9. The normalized spacial score (nSPS) is 26.6. The molecule has 4 rings (SSSR count). The summed E-state index contributed by atoms with van der Waals surface area (Å²) in [6.45, 7) is 2.69. The van der Waals surface area contributed by atoms with E-state index in [0.29, 0.717) is 18.8 Å². The van der Waals surface area contributed by atoms with Crippen molar-refractivity contribution in [3.63, 3.8) is 0 Å². The smallest absolute Gasteiger partial charge is 0.298 e. The van der Waals surface area contributed by atoms with Crippen LogP contribution >= 0.6 is 0 Å². The first-order valence-corrected chi connectivity index (χ1v) is 11.4. The maximum Gasteiger partial charge on any atom is 0.298 e. The quantitative estimate of drug-likeness (QED) is 0.731. The Bertz CT molecular complexity index is 1010. The molecule has 0 saturated carbocycles. The fraction of sp³-hybridized carbons (Fsp3) is 0.476. The highest BCUT2D eigenvalue weighted by molar-refractivity contribution is 7.90. The Hall–Kier alpha value is -2.09. The zero-order chi connectivity index (χ0) is 20.8. The summed E-state index contributed by atoms with van der Waals surface area (Å²) in [7, 11) is -3.45. The van der Waals surface area contributed by atoms with E-state index in [-0.39, 0.29) is 34.3 Å². The molecular weight excluding hydrogens is 401 g/mol. The molecule has 0 spiro atoms. The van der Waals surface area contributed by atoms with Gasteiger partial charge in [0, 0.05) is 30.1 Å². The lowest BCUT2D eigenvalue weighted by atomic mass is 9.79. The van der Waals surface area contributed by atoms with E-state index in [0.717, 1.165) is 31.5 Å². The highest BCUT2D eigenvalue weighted by Gasteiger charge is 2.39. The van der Waals surface area contributed by atoms with Gasteiger partial charge in [0.2, 0.25) is 0 Å². The van der Waals surface area contributed by atoms with Gasteiger partial charge in [-0.15, -0.1) is 0 Å². The number of aryl methyl sites for hydroxylation is 1. The average molecular weight is 424 g/mol. The van der Waals surface area contributed by atoms with Crippen LogP contribution in [-0.2, 0) is 15.9 Å². The van der Waals surface area contributed by atoms with Gasteiger partial charge in [-0.05, 0) is 55.9 Å². The third kappa shape index (κ3) is 3.86. The fourth-order valence-corrected chi connectivity index (χ4v) is 5.40. The molecule has 2 aliphatic heterocycles. The van der Waals surface area contributed by atoms with Crippen LogP contribution in [0.2, 0.25) is 0 Å². The lowest BCUT2D eigenvalue weighted by Crippen LogP contribution is -2.48. The summed E-state index contributed by atoms with van der Waals surface area (Å²) in [5, 5.41) is 0. The van der Waals surface area contributed by atoms with Gasteiger partial charge in [0.1, 0.15) is 11.7 Å². The van der Waals surface area contributed by atoms with Crippen LogP contribution in [-0.4, -0.2) is 38.0 Å². The summed E-state index contributed by atoms with van der Waals surface area (Å²) in [6.07, 6.45) is 6.78. The lowest BCUT2D eigenvalue weighted by molar-refractivity contribution is 0.0408. The molecule has 1 aromatic rings. The molecule has 1 saturated heterocycles. The Balaban J connectivity index is 1.56. The van der Waals surface area contributed by atoms with Gasteiger partial charge < -0.3 is 4.90 Å². The maximum atomic E-state index is 14.9. The zero-order valence-electron chi connectivity index (χ0n) is 16.1. The van der Waals surface area contributed by atoms with Crippen molar-refractivity contribution >= 4 is 15.9 Å². The van der Waals surface area contributed by atoms with E-state index in [9.17, 15) is 21.6 Å². The fourth-order valence-electron chi connectivity index (χ4n) is 4.33. The summed E-state index contributed by atoms with van der Waals surface area (Å²) in [4.78, 5) is 2.01. The lowest BCUT2D eigenvalue weighted by Gasteiger charge is -2.40. The van der Waals surface area contributed by atoms with Gasteiger partial charge in [-0.25, -0.2) is 12.8 Å². The average Bonchev–Trinajstić information content (AvgIpc) is 2.69. The van der Waals surface area contributed by atoms with E-state index in [2.05, 4.69) is 4.40 Å². The number of halogens is 3. The molecule has 0 bridgehead atoms. The summed E-state index contributed by atoms with van der Waals surface area (Å²) in [5.41, 5.74) is -0.178. The summed E-state index contributed by atoms with van der Waals surface area (Å²) in [5.74, 6) is -3.28. The van der Waals surface area contributed by atoms with Crippen molar-refractivity contribution in [1.29, 1.82) is 0 Å². The van der Waals surface area contributed by atoms with Crippen molar-refractivity contribution in [3.05, 3.63) is 58.9 Å². The predicted octanol–water partition coefficient (Wildman–Crippen LogP) is 4.18. The monoisotopic (exact) mass is 424 g/mol. The van der Waals surface area contributed by atoms with Crippen LogP contribution in [0.4, 0.5) is 13.2 Å². The van der Waals surface area contributed by atoms with Gasteiger partial charge in [-0.2, -0.15) is 13.2 Å². The zero-order valence-corrected chi connectivity index (χ0v) is 16.9. The molecular formula is C21H23F3N2O2S. The van der Waals surface area contributed by atoms with Crippen LogP contribution < -0.4 is 0 Å².